The molecule has 1 aromatic heterocycles. The van der Waals surface area contributed by atoms with E-state index in [-0.39, 0.29) is 36.0 Å². The molecule has 0 fully saturated rings. The molecule has 2 atom stereocenters. The maximum Gasteiger partial charge on any atom is 0.325 e. The molecule has 5 N–H and O–H groups in total. The number of hydrogen-bond donors (Lipinski definition) is 4. The zero-order valence-electron chi connectivity index (χ0n) is 39.1. The van der Waals surface area contributed by atoms with E-state index in [4.69, 9.17) is 20.2 Å². The van der Waals surface area contributed by atoms with Crippen LogP contribution in [0.5, 0.6) is 5.75 Å². The van der Waals surface area contributed by atoms with Crippen molar-refractivity contribution in [3.05, 3.63) is 173 Å². The van der Waals surface area contributed by atoms with Crippen molar-refractivity contribution in [3.8, 4) is 5.75 Å². The third kappa shape index (κ3) is 10.9. The first-order valence-corrected chi connectivity index (χ1v) is 24.2. The Balaban J connectivity index is 1.09. The number of benzene rings is 5. The summed E-state index contributed by atoms with van der Waals surface area (Å²) in [7, 11) is -1.52. The fourth-order valence-electron chi connectivity index (χ4n) is 9.10. The van der Waals surface area contributed by atoms with Gasteiger partial charge in [-0.05, 0) is 77.9 Å². The fourth-order valence-corrected chi connectivity index (χ4v) is 10.7. The number of aromatic nitrogens is 2. The van der Waals surface area contributed by atoms with Gasteiger partial charge in [-0.3, -0.25) is 23.7 Å². The average Bonchev–Trinajstić information content (AvgIpc) is 3.83. The van der Waals surface area contributed by atoms with Crippen LogP contribution in [0.1, 0.15) is 63.0 Å². The van der Waals surface area contributed by atoms with Gasteiger partial charge in [0.15, 0.2) is 5.78 Å². The number of carbonyl (C=O) groups is 4. The van der Waals surface area contributed by atoms with E-state index in [0.717, 1.165) is 29.4 Å². The molecule has 17 heteroatoms. The number of imidazole rings is 1. The Morgan fingerprint density at radius 1 is 0.928 bits per heavy atom. The summed E-state index contributed by atoms with van der Waals surface area (Å²) in [4.78, 5) is 59.6. The predicted octanol–water partition coefficient (Wildman–Crippen LogP) is 5.51. The summed E-state index contributed by atoms with van der Waals surface area (Å²) < 4.78 is 43.5. The van der Waals surface area contributed by atoms with Crippen LogP contribution in [0.2, 0.25) is 0 Å². The maximum atomic E-state index is 14.0. The highest BCUT2D eigenvalue weighted by atomic mass is 32.2. The average molecular weight is 955 g/mol. The number of rotatable bonds is 22. The largest absolute Gasteiger partial charge is 0.494 e. The van der Waals surface area contributed by atoms with Gasteiger partial charge < -0.3 is 35.6 Å². The van der Waals surface area contributed by atoms with Gasteiger partial charge in [0, 0.05) is 63.3 Å². The molecule has 0 bridgehead atoms. The number of anilines is 2. The molecule has 360 valence electrons. The van der Waals surface area contributed by atoms with E-state index in [1.807, 2.05) is 72.9 Å². The van der Waals surface area contributed by atoms with Crippen LogP contribution in [0.25, 0.3) is 0 Å². The van der Waals surface area contributed by atoms with E-state index >= 15 is 0 Å². The summed E-state index contributed by atoms with van der Waals surface area (Å²) in [6, 6.07) is 37.9. The van der Waals surface area contributed by atoms with Crippen molar-refractivity contribution >= 4 is 45.7 Å². The Kier molecular flexibility index (Phi) is 15.9. The lowest BCUT2D eigenvalue weighted by Crippen LogP contribution is -2.56. The van der Waals surface area contributed by atoms with Gasteiger partial charge in [-0.1, -0.05) is 97.1 Å². The number of fused-ring (bicyclic) bond motifs is 1. The minimum Gasteiger partial charge on any atom is -0.494 e. The molecule has 2 amide bonds. The van der Waals surface area contributed by atoms with Gasteiger partial charge in [0.05, 0.1) is 25.0 Å². The molecular weight excluding hydrogens is 897 g/mol. The molecule has 0 saturated heterocycles. The quantitative estimate of drug-likeness (QED) is 0.0288. The summed E-state index contributed by atoms with van der Waals surface area (Å²) in [5.41, 5.74) is 10.2. The standard InChI is InChI=1S/C52H58N8O8S/c1-36-29-42(68-28-14-21-47(63)54-25-24-53)30-37(2)49(36)69(65,66)57-44(50(64)67-4)34-59(35-61)48-32-46(62)43-23-22-38(31-45(43)58(48)3)33-56-51-55-26-27-60(51)52(39-15-8-5-9-16-39,40-17-10-6-11-18-40)41-19-12-7-13-20-41/h5-13,15-20,22-23,26-27,29-31,35,44,48,57H,14,21,24-25,28,32-34,53H2,1-4H3,(H,54,63)(H,55,56)/t44-,48?/m0/s1. The topological polar surface area (TPSA) is 207 Å². The van der Waals surface area contributed by atoms with Crippen molar-refractivity contribution in [2.45, 2.75) is 62.3 Å². The number of nitrogens with two attached hydrogens (primary N) is 1. The van der Waals surface area contributed by atoms with Gasteiger partial charge in [0.2, 0.25) is 28.3 Å². The van der Waals surface area contributed by atoms with Crippen LogP contribution in [-0.2, 0) is 41.2 Å². The predicted molar refractivity (Wildman–Crippen MR) is 263 cm³/mol. The Labute approximate surface area is 402 Å². The van der Waals surface area contributed by atoms with Crippen molar-refractivity contribution in [2.75, 3.05) is 50.6 Å². The Morgan fingerprint density at radius 2 is 1.54 bits per heavy atom. The third-order valence-electron chi connectivity index (χ3n) is 12.3. The number of ketones is 1. The van der Waals surface area contributed by atoms with Crippen molar-refractivity contribution in [1.29, 1.82) is 0 Å². The lowest BCUT2D eigenvalue weighted by molar-refractivity contribution is -0.143. The molecular formula is C52H58N8O8S. The Bertz CT molecular complexity index is 2740. The monoisotopic (exact) mass is 954 g/mol. The van der Waals surface area contributed by atoms with E-state index in [1.54, 1.807) is 50.2 Å². The first-order valence-electron chi connectivity index (χ1n) is 22.7. The summed E-state index contributed by atoms with van der Waals surface area (Å²) in [6.07, 6.45) is 3.90. The van der Waals surface area contributed by atoms with Gasteiger partial charge in [-0.15, -0.1) is 0 Å². The number of aryl methyl sites for hydroxylation is 2. The highest BCUT2D eigenvalue weighted by molar-refractivity contribution is 7.89. The van der Waals surface area contributed by atoms with E-state index < -0.39 is 40.3 Å². The molecule has 0 aliphatic carbocycles. The number of amides is 2. The molecule has 7 rings (SSSR count). The number of hydrogen-bond acceptors (Lipinski definition) is 12. The second-order valence-electron chi connectivity index (χ2n) is 16.8. The number of carbonyl (C=O) groups excluding carboxylic acids is 4. The summed E-state index contributed by atoms with van der Waals surface area (Å²) >= 11 is 0. The smallest absolute Gasteiger partial charge is 0.325 e. The number of nitrogens with zero attached hydrogens (tertiary/aromatic N) is 4. The van der Waals surface area contributed by atoms with Crippen LogP contribution in [0.4, 0.5) is 11.6 Å². The van der Waals surface area contributed by atoms with Crippen LogP contribution in [0, 0.1) is 13.8 Å². The Morgan fingerprint density at radius 3 is 2.10 bits per heavy atom. The van der Waals surface area contributed by atoms with Crippen molar-refractivity contribution in [1.82, 2.24) is 24.5 Å². The molecule has 0 saturated carbocycles. The summed E-state index contributed by atoms with van der Waals surface area (Å²) in [6.45, 7) is 4.02. The number of ether oxygens (including phenoxy) is 2. The zero-order valence-corrected chi connectivity index (χ0v) is 39.9. The molecule has 1 unspecified atom stereocenters. The van der Waals surface area contributed by atoms with E-state index in [2.05, 4.69) is 56.3 Å². The van der Waals surface area contributed by atoms with Gasteiger partial charge in [0.1, 0.15) is 23.5 Å². The third-order valence-corrected chi connectivity index (χ3v) is 14.0. The normalized spacial score (nSPS) is 14.1. The van der Waals surface area contributed by atoms with Crippen LogP contribution in [0.15, 0.2) is 139 Å². The molecule has 0 radical (unpaired) electrons. The molecule has 5 aromatic carbocycles. The fraction of sp³-hybridized carbons (Fsp3) is 0.288. The highest BCUT2D eigenvalue weighted by Gasteiger charge is 2.40. The molecule has 0 spiro atoms. The second kappa shape index (κ2) is 22.2. The Hall–Kier alpha value is -7.34. The molecule has 1 aliphatic heterocycles. The number of Topliss-reactive ketones (excluding diaryl/α,β-unsaturated/α-hetero) is 1. The van der Waals surface area contributed by atoms with Crippen molar-refractivity contribution < 1.29 is 37.1 Å². The van der Waals surface area contributed by atoms with Crippen molar-refractivity contribution in [2.24, 2.45) is 5.73 Å². The molecule has 2 heterocycles. The highest BCUT2D eigenvalue weighted by Crippen LogP contribution is 2.42. The minimum atomic E-state index is -4.39. The lowest BCUT2D eigenvalue weighted by Gasteiger charge is -2.41. The molecule has 69 heavy (non-hydrogen) atoms. The second-order valence-corrected chi connectivity index (χ2v) is 18.5. The number of esters is 1. The lowest BCUT2D eigenvalue weighted by atomic mass is 9.76. The minimum absolute atomic E-state index is 0.0732. The molecule has 6 aromatic rings. The van der Waals surface area contributed by atoms with Gasteiger partial charge >= 0.3 is 5.97 Å². The first kappa shape index (κ1) is 49.6. The van der Waals surface area contributed by atoms with Crippen LogP contribution < -0.4 is 30.7 Å². The van der Waals surface area contributed by atoms with Crippen LogP contribution in [0.3, 0.4) is 0 Å². The summed E-state index contributed by atoms with van der Waals surface area (Å²) in [5, 5.41) is 6.25. The van der Waals surface area contributed by atoms with E-state index in [1.165, 1.54) is 4.90 Å². The van der Waals surface area contributed by atoms with Gasteiger partial charge in [-0.25, -0.2) is 13.4 Å². The first-order chi connectivity index (χ1) is 33.3. The maximum absolute atomic E-state index is 14.0. The number of sulfonamides is 1. The SMILES string of the molecule is COC(=O)[C@H](CN(C=O)C1CC(=O)c2ccc(CNc3nccn3C(c3ccccc3)(c3ccccc3)c3ccccc3)cc2N1C)NS(=O)(=O)c1c(C)cc(OCCCC(=O)NCCN)cc1C. The van der Waals surface area contributed by atoms with E-state index in [9.17, 15) is 27.6 Å². The van der Waals surface area contributed by atoms with Crippen LogP contribution in [-0.4, -0.2) is 99.5 Å². The van der Waals surface area contributed by atoms with Gasteiger partial charge in [-0.2, -0.15) is 4.72 Å². The van der Waals surface area contributed by atoms with Crippen LogP contribution >= 0.6 is 0 Å². The number of nitrogens with one attached hydrogen (secondary N) is 3. The molecule has 16 nitrogen and oxygen atoms in total. The van der Waals surface area contributed by atoms with E-state index in [0.29, 0.717) is 66.5 Å². The zero-order chi connectivity index (χ0) is 49.1. The van der Waals surface area contributed by atoms with Crippen molar-refractivity contribution in [3.63, 3.8) is 0 Å². The number of methoxy groups -OCH3 is 1. The van der Waals surface area contributed by atoms with Gasteiger partial charge in [0.25, 0.3) is 0 Å². The molecule has 1 aliphatic rings. The summed E-state index contributed by atoms with van der Waals surface area (Å²) in [5.74, 6) is -0.288.